The molecule has 0 fully saturated rings. The molecule has 2 rings (SSSR count). The molecule has 0 aliphatic heterocycles. The fourth-order valence-corrected chi connectivity index (χ4v) is 2.31. The van der Waals surface area contributed by atoms with E-state index in [-0.39, 0.29) is 11.6 Å². The first kappa shape index (κ1) is 18.2. The van der Waals surface area contributed by atoms with Crippen LogP contribution in [0.4, 0.5) is 0 Å². The number of benzene rings is 1. The molecular formula is C20H22N4O. The summed E-state index contributed by atoms with van der Waals surface area (Å²) in [6.07, 6.45) is 4.10. The van der Waals surface area contributed by atoms with Gasteiger partial charge in [0.2, 0.25) is 0 Å². The zero-order valence-corrected chi connectivity index (χ0v) is 14.5. The Labute approximate surface area is 148 Å². The minimum Gasteiger partial charge on any atom is -0.384 e. The average Bonchev–Trinajstić information content (AvgIpc) is 2.66. The average molecular weight is 334 g/mol. The number of carbonyl (C=O) groups is 1. The van der Waals surface area contributed by atoms with Crippen molar-refractivity contribution in [1.29, 1.82) is 5.26 Å². The van der Waals surface area contributed by atoms with Gasteiger partial charge in [-0.25, -0.2) is 0 Å². The largest absolute Gasteiger partial charge is 0.384 e. The molecule has 25 heavy (non-hydrogen) atoms. The molecule has 2 aromatic rings. The lowest BCUT2D eigenvalue weighted by Gasteiger charge is -2.14. The number of nitriles is 1. The zero-order chi connectivity index (χ0) is 18.1. The number of aromatic nitrogens is 1. The van der Waals surface area contributed by atoms with E-state index in [4.69, 9.17) is 0 Å². The maximum absolute atomic E-state index is 12.3. The SMILES string of the molecule is CCc1ccc(C(C)NC(=O)/C(C#N)=C\NCc2ccccn2)cc1. The van der Waals surface area contributed by atoms with Crippen LogP contribution < -0.4 is 10.6 Å². The molecule has 2 N–H and O–H groups in total. The summed E-state index contributed by atoms with van der Waals surface area (Å²) in [5, 5.41) is 15.0. The van der Waals surface area contributed by atoms with Crippen LogP contribution in [0, 0.1) is 11.3 Å². The highest BCUT2D eigenvalue weighted by molar-refractivity contribution is 5.97. The van der Waals surface area contributed by atoms with Gasteiger partial charge in [0.15, 0.2) is 0 Å². The number of amides is 1. The molecule has 0 saturated carbocycles. The molecule has 5 heteroatoms. The predicted molar refractivity (Wildman–Crippen MR) is 97.2 cm³/mol. The third-order valence-electron chi connectivity index (χ3n) is 3.86. The third-order valence-corrected chi connectivity index (χ3v) is 3.86. The highest BCUT2D eigenvalue weighted by atomic mass is 16.1. The number of hydrogen-bond acceptors (Lipinski definition) is 4. The smallest absolute Gasteiger partial charge is 0.263 e. The van der Waals surface area contributed by atoms with E-state index < -0.39 is 5.91 Å². The Hall–Kier alpha value is -3.13. The number of carbonyl (C=O) groups excluding carboxylic acids is 1. The van der Waals surface area contributed by atoms with E-state index in [1.807, 2.05) is 55.5 Å². The summed E-state index contributed by atoms with van der Waals surface area (Å²) in [5.41, 5.74) is 3.12. The quantitative estimate of drug-likeness (QED) is 0.603. The van der Waals surface area contributed by atoms with Crippen LogP contribution in [0.2, 0.25) is 0 Å². The van der Waals surface area contributed by atoms with Crippen molar-refractivity contribution in [2.45, 2.75) is 32.9 Å². The van der Waals surface area contributed by atoms with Gasteiger partial charge in [-0.15, -0.1) is 0 Å². The number of pyridine rings is 1. The first-order chi connectivity index (χ1) is 12.1. The lowest BCUT2D eigenvalue weighted by Crippen LogP contribution is -2.28. The topological polar surface area (TPSA) is 77.8 Å². The standard InChI is InChI=1S/C20H22N4O/c1-3-16-7-9-17(10-8-16)15(2)24-20(25)18(12-21)13-22-14-19-6-4-5-11-23-19/h4-11,13,15,22H,3,14H2,1-2H3,(H,24,25)/b18-13-. The number of aryl methyl sites for hydroxylation is 1. The van der Waals surface area contributed by atoms with Gasteiger partial charge >= 0.3 is 0 Å². The van der Waals surface area contributed by atoms with Crippen LogP contribution in [0.5, 0.6) is 0 Å². The van der Waals surface area contributed by atoms with Crippen molar-refractivity contribution in [3.05, 3.63) is 77.3 Å². The fraction of sp³-hybridized carbons (Fsp3) is 0.250. The summed E-state index contributed by atoms with van der Waals surface area (Å²) in [4.78, 5) is 16.4. The number of nitrogens with one attached hydrogen (secondary N) is 2. The second kappa shape index (κ2) is 9.24. The Balaban J connectivity index is 1.94. The van der Waals surface area contributed by atoms with Crippen molar-refractivity contribution in [3.8, 4) is 6.07 Å². The van der Waals surface area contributed by atoms with Gasteiger partial charge in [0.1, 0.15) is 11.6 Å². The van der Waals surface area contributed by atoms with E-state index in [1.165, 1.54) is 11.8 Å². The molecular weight excluding hydrogens is 312 g/mol. The molecule has 1 amide bonds. The molecule has 5 nitrogen and oxygen atoms in total. The summed E-state index contributed by atoms with van der Waals surface area (Å²) in [6, 6.07) is 15.4. The van der Waals surface area contributed by atoms with Crippen LogP contribution >= 0.6 is 0 Å². The molecule has 0 aliphatic carbocycles. The predicted octanol–water partition coefficient (Wildman–Crippen LogP) is 3.02. The highest BCUT2D eigenvalue weighted by Crippen LogP contribution is 2.14. The third kappa shape index (κ3) is 5.47. The fourth-order valence-electron chi connectivity index (χ4n) is 2.31. The Bertz CT molecular complexity index is 761. The van der Waals surface area contributed by atoms with E-state index in [9.17, 15) is 10.1 Å². The van der Waals surface area contributed by atoms with Crippen molar-refractivity contribution < 1.29 is 4.79 Å². The van der Waals surface area contributed by atoms with Crippen LogP contribution in [0.15, 0.2) is 60.4 Å². The molecule has 0 radical (unpaired) electrons. The molecule has 1 heterocycles. The lowest BCUT2D eigenvalue weighted by atomic mass is 10.0. The van der Waals surface area contributed by atoms with Gasteiger partial charge in [-0.2, -0.15) is 5.26 Å². The summed E-state index contributed by atoms with van der Waals surface area (Å²) in [5.74, 6) is -0.400. The molecule has 0 aliphatic rings. The van der Waals surface area contributed by atoms with Crippen LogP contribution in [-0.2, 0) is 17.8 Å². The minimum absolute atomic E-state index is 0.0351. The minimum atomic E-state index is -0.400. The first-order valence-electron chi connectivity index (χ1n) is 8.27. The van der Waals surface area contributed by atoms with Crippen molar-refractivity contribution >= 4 is 5.91 Å². The maximum Gasteiger partial charge on any atom is 0.263 e. The molecule has 1 aromatic carbocycles. The molecule has 1 unspecified atom stereocenters. The highest BCUT2D eigenvalue weighted by Gasteiger charge is 2.13. The normalized spacial score (nSPS) is 12.1. The summed E-state index contributed by atoms with van der Waals surface area (Å²) >= 11 is 0. The van der Waals surface area contributed by atoms with Crippen LogP contribution in [0.3, 0.4) is 0 Å². The molecule has 0 bridgehead atoms. The molecule has 1 atom stereocenters. The Morgan fingerprint density at radius 3 is 2.64 bits per heavy atom. The van der Waals surface area contributed by atoms with Crippen LogP contribution in [0.1, 0.15) is 36.7 Å². The van der Waals surface area contributed by atoms with Crippen molar-refractivity contribution in [2.24, 2.45) is 0 Å². The summed E-state index contributed by atoms with van der Waals surface area (Å²) in [6.45, 7) is 4.45. The Kier molecular flexibility index (Phi) is 6.73. The molecule has 0 saturated heterocycles. The van der Waals surface area contributed by atoms with E-state index >= 15 is 0 Å². The Morgan fingerprint density at radius 1 is 1.28 bits per heavy atom. The van der Waals surface area contributed by atoms with E-state index in [2.05, 4.69) is 22.5 Å². The van der Waals surface area contributed by atoms with E-state index in [0.29, 0.717) is 6.54 Å². The van der Waals surface area contributed by atoms with Gasteiger partial charge in [0.05, 0.1) is 18.3 Å². The van der Waals surface area contributed by atoms with Gasteiger partial charge in [-0.1, -0.05) is 37.3 Å². The van der Waals surface area contributed by atoms with E-state index in [1.54, 1.807) is 6.20 Å². The van der Waals surface area contributed by atoms with E-state index in [0.717, 1.165) is 17.7 Å². The number of hydrogen-bond donors (Lipinski definition) is 2. The summed E-state index contributed by atoms with van der Waals surface area (Å²) < 4.78 is 0. The van der Waals surface area contributed by atoms with Crippen LogP contribution in [0.25, 0.3) is 0 Å². The monoisotopic (exact) mass is 334 g/mol. The molecule has 0 spiro atoms. The van der Waals surface area contributed by atoms with Gasteiger partial charge in [-0.05, 0) is 36.6 Å². The van der Waals surface area contributed by atoms with Crippen LogP contribution in [-0.4, -0.2) is 10.9 Å². The summed E-state index contributed by atoms with van der Waals surface area (Å²) in [7, 11) is 0. The second-order valence-electron chi connectivity index (χ2n) is 5.66. The van der Waals surface area contributed by atoms with Crippen molar-refractivity contribution in [3.63, 3.8) is 0 Å². The molecule has 128 valence electrons. The number of rotatable bonds is 7. The van der Waals surface area contributed by atoms with Crippen molar-refractivity contribution in [1.82, 2.24) is 15.6 Å². The van der Waals surface area contributed by atoms with Gasteiger partial charge in [0.25, 0.3) is 5.91 Å². The molecule has 1 aromatic heterocycles. The number of nitrogens with zero attached hydrogens (tertiary/aromatic N) is 2. The zero-order valence-electron chi connectivity index (χ0n) is 14.5. The van der Waals surface area contributed by atoms with Crippen molar-refractivity contribution in [2.75, 3.05) is 0 Å². The second-order valence-corrected chi connectivity index (χ2v) is 5.66. The first-order valence-corrected chi connectivity index (χ1v) is 8.27. The van der Waals surface area contributed by atoms with Gasteiger partial charge in [0, 0.05) is 12.4 Å². The lowest BCUT2D eigenvalue weighted by molar-refractivity contribution is -0.117. The maximum atomic E-state index is 12.3. The Morgan fingerprint density at radius 2 is 2.04 bits per heavy atom. The van der Waals surface area contributed by atoms with Gasteiger partial charge in [-0.3, -0.25) is 9.78 Å². The van der Waals surface area contributed by atoms with Gasteiger partial charge < -0.3 is 10.6 Å².